The number of halogens is 19. The molecule has 0 radical (unpaired) electrons. The summed E-state index contributed by atoms with van der Waals surface area (Å²) in [6, 6.07) is 0. The molecule has 0 aliphatic heterocycles. The van der Waals surface area contributed by atoms with Gasteiger partial charge in [-0.25, -0.2) is 0 Å². The van der Waals surface area contributed by atoms with Crippen molar-refractivity contribution >= 4 is 26.0 Å². The summed E-state index contributed by atoms with van der Waals surface area (Å²) in [5.74, 6) is -68.3. The van der Waals surface area contributed by atoms with Gasteiger partial charge in [-0.2, -0.15) is 0 Å². The van der Waals surface area contributed by atoms with E-state index in [4.69, 9.17) is 0 Å². The number of alkyl halides is 19. The van der Waals surface area contributed by atoms with Gasteiger partial charge in [0.05, 0.1) is 0 Å². The molecule has 0 aliphatic carbocycles. The van der Waals surface area contributed by atoms with Gasteiger partial charge in [0.1, 0.15) is 0 Å². The van der Waals surface area contributed by atoms with Crippen LogP contribution in [-0.2, 0) is 13.4 Å². The minimum atomic E-state index is -9.01. The van der Waals surface area contributed by atoms with Gasteiger partial charge in [-0.1, -0.05) is 6.92 Å². The van der Waals surface area contributed by atoms with Gasteiger partial charge >= 0.3 is 186 Å². The zero-order chi connectivity index (χ0) is 34.9. The van der Waals surface area contributed by atoms with Crippen molar-refractivity contribution < 1.29 is 102 Å². The van der Waals surface area contributed by atoms with Gasteiger partial charge in [0.25, 0.3) is 0 Å². The SMILES string of the molecule is CC(=O)/C=C(/C)[O-].CC(C)[O][Al+][C](=O)C(F)(F)C(F)(F)C(F)(F)C(F)(F)C(F)(F)C(F)(F)C(F)(F)C(F)(F)C(F)(F)F. The molecule has 42 heavy (non-hydrogen) atoms. The average Bonchev–Trinajstić information content (AvgIpc) is 2.74. The molecule has 0 bridgehead atoms. The maximum absolute atomic E-state index is 13.6. The van der Waals surface area contributed by atoms with Crippen molar-refractivity contribution in [2.45, 2.75) is 87.4 Å². The van der Waals surface area contributed by atoms with Gasteiger partial charge in [0.2, 0.25) is 0 Å². The number of carbonyl (C=O) groups is 2. The van der Waals surface area contributed by atoms with E-state index in [9.17, 15) is 98.1 Å². The zero-order valence-electron chi connectivity index (χ0n) is 20.5. The van der Waals surface area contributed by atoms with Crippen LogP contribution >= 0.6 is 0 Å². The van der Waals surface area contributed by atoms with Gasteiger partial charge in [-0.15, -0.1) is 5.76 Å². The number of ketones is 1. The summed E-state index contributed by atoms with van der Waals surface area (Å²) < 4.78 is 249. The number of hydrogen-bond donors (Lipinski definition) is 0. The van der Waals surface area contributed by atoms with Crippen LogP contribution in [0, 0.1) is 0 Å². The first kappa shape index (κ1) is 42.2. The van der Waals surface area contributed by atoms with E-state index < -0.39 is 79.9 Å². The second-order valence-corrected chi connectivity index (χ2v) is 9.16. The first-order valence-corrected chi connectivity index (χ1v) is 11.0. The molecule has 0 aromatic rings. The van der Waals surface area contributed by atoms with E-state index in [2.05, 4.69) is 3.79 Å². The molecule has 0 saturated carbocycles. The molecule has 0 aromatic heterocycles. The fraction of sp³-hybridized carbons (Fsp3) is 0.778. The molecule has 4 nitrogen and oxygen atoms in total. The first-order chi connectivity index (χ1) is 18.0. The monoisotopic (exact) mass is 682 g/mol. The quantitative estimate of drug-likeness (QED) is 0.109. The number of hydrogen-bond acceptors (Lipinski definition) is 4. The van der Waals surface area contributed by atoms with Crippen LogP contribution in [0.25, 0.3) is 0 Å². The second-order valence-electron chi connectivity index (χ2n) is 8.13. The molecule has 0 unspecified atom stereocenters. The number of carbonyl (C=O) groups excluding carboxylic acids is 2. The van der Waals surface area contributed by atoms with Crippen LogP contribution < -0.4 is 5.11 Å². The van der Waals surface area contributed by atoms with E-state index in [0.29, 0.717) is 0 Å². The summed E-state index contributed by atoms with van der Waals surface area (Å²) in [4.78, 5) is 21.0. The maximum atomic E-state index is 13.6. The van der Waals surface area contributed by atoms with Crippen molar-refractivity contribution in [3.8, 4) is 0 Å². The summed E-state index contributed by atoms with van der Waals surface area (Å²) in [5.41, 5.74) is 0. The normalized spacial score (nSPS) is 15.2. The van der Waals surface area contributed by atoms with Crippen LogP contribution in [0.1, 0.15) is 27.7 Å². The Morgan fingerprint density at radius 1 is 0.595 bits per heavy atom. The predicted octanol–water partition coefficient (Wildman–Crippen LogP) is 6.04. The first-order valence-electron chi connectivity index (χ1n) is 9.95. The molecule has 0 atom stereocenters. The van der Waals surface area contributed by atoms with Gasteiger partial charge in [-0.3, -0.25) is 4.79 Å². The Labute approximate surface area is 227 Å². The molecule has 0 saturated heterocycles. The van der Waals surface area contributed by atoms with Crippen LogP contribution in [0.4, 0.5) is 83.4 Å². The zero-order valence-corrected chi connectivity index (χ0v) is 21.7. The van der Waals surface area contributed by atoms with Gasteiger partial charge in [-0.05, 0) is 13.0 Å². The Morgan fingerprint density at radius 2 is 0.881 bits per heavy atom. The van der Waals surface area contributed by atoms with Crippen molar-refractivity contribution in [2.24, 2.45) is 0 Å². The molecule has 246 valence electrons. The number of allylic oxidation sites excluding steroid dienone is 2. The standard InChI is InChI=1S/C10F19O.C5H8O2.C3H7O.Al/c11-2(12,1-30)3(13,14)4(15,16)5(17,18)6(19,20)7(21,22)8(23,24)9(25,26)10(27,28)29;1-4(6)3-5(2)7;1-3(2)4;/h;3,6H,1-2H3;3H,1-2H3;/q;;-1;+2/p-1/b;4-3-;;. The summed E-state index contributed by atoms with van der Waals surface area (Å²) in [7, 11) is 0. The second kappa shape index (κ2) is 12.6. The topological polar surface area (TPSA) is 66.4 Å². The molecule has 0 aliphatic rings. The Balaban J connectivity index is 0. The molecule has 0 fully saturated rings. The molecular weight excluding hydrogens is 668 g/mol. The average molecular weight is 682 g/mol. The summed E-state index contributed by atoms with van der Waals surface area (Å²) >= 11 is -3.17. The third-order valence-corrected chi connectivity index (χ3v) is 5.54. The van der Waals surface area contributed by atoms with E-state index >= 15 is 0 Å². The van der Waals surface area contributed by atoms with Crippen LogP contribution in [0.3, 0.4) is 0 Å². The van der Waals surface area contributed by atoms with Crippen molar-refractivity contribution in [1.82, 2.24) is 0 Å². The van der Waals surface area contributed by atoms with Crippen molar-refractivity contribution in [1.29, 1.82) is 0 Å². The van der Waals surface area contributed by atoms with E-state index in [1.807, 2.05) is 0 Å². The van der Waals surface area contributed by atoms with Crippen LogP contribution in [0.5, 0.6) is 0 Å². The van der Waals surface area contributed by atoms with Gasteiger partial charge in [0, 0.05) is 0 Å². The molecule has 0 N–H and O–H groups in total. The summed E-state index contributed by atoms with van der Waals surface area (Å²) in [6.45, 7) is 4.53. The third-order valence-electron chi connectivity index (χ3n) is 4.28. The fourth-order valence-corrected chi connectivity index (χ4v) is 2.80. The molecule has 0 amide bonds. The number of rotatable bonds is 12. The van der Waals surface area contributed by atoms with E-state index in [0.717, 1.165) is 19.9 Å². The van der Waals surface area contributed by atoms with Crippen LogP contribution in [0.15, 0.2) is 11.8 Å². The van der Waals surface area contributed by atoms with Gasteiger partial charge < -0.3 is 5.11 Å². The predicted molar refractivity (Wildman–Crippen MR) is 97.1 cm³/mol. The third kappa shape index (κ3) is 7.22. The van der Waals surface area contributed by atoms with E-state index in [-0.39, 0.29) is 11.5 Å². The van der Waals surface area contributed by atoms with Crippen LogP contribution in [-0.4, -0.2) is 85.6 Å². The van der Waals surface area contributed by atoms with Crippen LogP contribution in [0.2, 0.25) is 0 Å². The fourth-order valence-electron chi connectivity index (χ4n) is 2.07. The Kier molecular flexibility index (Phi) is 12.6. The summed E-state index contributed by atoms with van der Waals surface area (Å²) in [6.07, 6.45) is -8.17. The molecular formula is C18H14AlF19O4. The molecule has 24 heteroatoms. The Morgan fingerprint density at radius 3 is 1.10 bits per heavy atom. The van der Waals surface area contributed by atoms with Crippen molar-refractivity contribution in [3.63, 3.8) is 0 Å². The molecule has 0 aromatic carbocycles. The minimum absolute atomic E-state index is 0.187. The van der Waals surface area contributed by atoms with Gasteiger partial charge in [0.15, 0.2) is 5.78 Å². The molecule has 0 spiro atoms. The Hall–Kier alpha value is -1.96. The van der Waals surface area contributed by atoms with E-state index in [1.165, 1.54) is 13.8 Å². The Bertz CT molecular complexity index is 997. The van der Waals surface area contributed by atoms with Crippen molar-refractivity contribution in [3.05, 3.63) is 11.8 Å². The van der Waals surface area contributed by atoms with Crippen molar-refractivity contribution in [2.75, 3.05) is 0 Å². The summed E-state index contributed by atoms with van der Waals surface area (Å²) in [5, 5.41) is 9.98. The molecule has 0 heterocycles. The van der Waals surface area contributed by atoms with E-state index in [1.54, 1.807) is 0 Å². The molecule has 0 rings (SSSR count).